The minimum Gasteiger partial charge on any atom is -0.611 e. The summed E-state index contributed by atoms with van der Waals surface area (Å²) in [5, 5.41) is 0.192. The van der Waals surface area contributed by atoms with Crippen LogP contribution < -0.4 is 0 Å². The predicted molar refractivity (Wildman–Crippen MR) is 46.8 cm³/mol. The Balaban J connectivity index is 2.77. The SMILES string of the molecule is CC(C)[S+]([O-])c1cc[c]cc1. The summed E-state index contributed by atoms with van der Waals surface area (Å²) in [5.41, 5.74) is 0. The van der Waals surface area contributed by atoms with Gasteiger partial charge in [-0.25, -0.2) is 0 Å². The molecule has 0 heterocycles. The van der Waals surface area contributed by atoms with Gasteiger partial charge in [0.25, 0.3) is 0 Å². The van der Waals surface area contributed by atoms with E-state index in [1.54, 1.807) is 12.1 Å². The first-order chi connectivity index (χ1) is 5.22. The van der Waals surface area contributed by atoms with Gasteiger partial charge < -0.3 is 4.55 Å². The molecule has 1 nitrogen and oxygen atoms in total. The van der Waals surface area contributed by atoms with Crippen LogP contribution in [0.3, 0.4) is 0 Å². The van der Waals surface area contributed by atoms with E-state index < -0.39 is 11.2 Å². The van der Waals surface area contributed by atoms with E-state index in [0.29, 0.717) is 0 Å². The third-order valence-electron chi connectivity index (χ3n) is 1.35. The van der Waals surface area contributed by atoms with Gasteiger partial charge in [0.15, 0.2) is 4.90 Å². The maximum absolute atomic E-state index is 11.4. The summed E-state index contributed by atoms with van der Waals surface area (Å²) in [7, 11) is 0. The maximum Gasteiger partial charge on any atom is 0.152 e. The molecule has 59 valence electrons. The van der Waals surface area contributed by atoms with E-state index in [1.807, 2.05) is 26.0 Å². The molecule has 0 aromatic heterocycles. The molecular formula is C9H11OS. The Morgan fingerprint density at radius 1 is 1.36 bits per heavy atom. The van der Waals surface area contributed by atoms with Gasteiger partial charge in [0, 0.05) is 0 Å². The Kier molecular flexibility index (Phi) is 2.97. The van der Waals surface area contributed by atoms with E-state index >= 15 is 0 Å². The Morgan fingerprint density at radius 2 is 1.91 bits per heavy atom. The van der Waals surface area contributed by atoms with E-state index in [9.17, 15) is 4.55 Å². The maximum atomic E-state index is 11.4. The molecule has 1 rings (SSSR count). The fourth-order valence-electron chi connectivity index (χ4n) is 0.778. The standard InChI is InChI=1S/C9H11OS/c1-8(2)11(10)9-6-4-3-5-7-9/h4-8H,1-2H3. The fourth-order valence-corrected chi connectivity index (χ4v) is 1.73. The van der Waals surface area contributed by atoms with Crippen LogP contribution in [-0.4, -0.2) is 9.80 Å². The van der Waals surface area contributed by atoms with E-state index in [0.717, 1.165) is 4.90 Å². The number of hydrogen-bond donors (Lipinski definition) is 0. The average molecular weight is 167 g/mol. The summed E-state index contributed by atoms with van der Waals surface area (Å²) < 4.78 is 11.4. The zero-order chi connectivity index (χ0) is 8.27. The van der Waals surface area contributed by atoms with Crippen molar-refractivity contribution in [2.24, 2.45) is 0 Å². The lowest BCUT2D eigenvalue weighted by Crippen LogP contribution is -2.13. The van der Waals surface area contributed by atoms with Gasteiger partial charge >= 0.3 is 0 Å². The molecule has 0 fully saturated rings. The van der Waals surface area contributed by atoms with Gasteiger partial charge in [-0.05, 0) is 55.4 Å². The summed E-state index contributed by atoms with van der Waals surface area (Å²) in [4.78, 5) is 0.888. The molecule has 0 spiro atoms. The van der Waals surface area contributed by atoms with Crippen molar-refractivity contribution in [2.75, 3.05) is 0 Å². The zero-order valence-electron chi connectivity index (χ0n) is 6.70. The Morgan fingerprint density at radius 3 is 2.36 bits per heavy atom. The van der Waals surface area contributed by atoms with Crippen LogP contribution in [0.15, 0.2) is 29.2 Å². The molecule has 0 aliphatic rings. The molecule has 0 saturated carbocycles. The van der Waals surface area contributed by atoms with Crippen molar-refractivity contribution in [1.29, 1.82) is 0 Å². The van der Waals surface area contributed by atoms with E-state index in [2.05, 4.69) is 6.07 Å². The molecule has 0 amide bonds. The van der Waals surface area contributed by atoms with Crippen molar-refractivity contribution in [2.45, 2.75) is 24.0 Å². The first kappa shape index (κ1) is 8.62. The van der Waals surface area contributed by atoms with Gasteiger partial charge in [0.1, 0.15) is 5.25 Å². The van der Waals surface area contributed by atoms with Crippen LogP contribution in [0.1, 0.15) is 13.8 Å². The molecule has 0 saturated heterocycles. The van der Waals surface area contributed by atoms with Gasteiger partial charge in [-0.15, -0.1) is 0 Å². The molecule has 1 radical (unpaired) electrons. The van der Waals surface area contributed by atoms with Crippen molar-refractivity contribution in [3.63, 3.8) is 0 Å². The number of benzene rings is 1. The molecule has 1 aromatic carbocycles. The molecule has 2 heteroatoms. The van der Waals surface area contributed by atoms with Crippen LogP contribution >= 0.6 is 0 Å². The van der Waals surface area contributed by atoms with Crippen LogP contribution in [0.5, 0.6) is 0 Å². The van der Waals surface area contributed by atoms with Crippen LogP contribution in [0.2, 0.25) is 0 Å². The van der Waals surface area contributed by atoms with Gasteiger partial charge in [-0.2, -0.15) is 0 Å². The highest BCUT2D eigenvalue weighted by atomic mass is 32.2. The molecule has 0 aliphatic heterocycles. The van der Waals surface area contributed by atoms with Crippen molar-refractivity contribution in [1.82, 2.24) is 0 Å². The second-order valence-corrected chi connectivity index (χ2v) is 4.59. The highest BCUT2D eigenvalue weighted by Crippen LogP contribution is 2.13. The quantitative estimate of drug-likeness (QED) is 0.618. The van der Waals surface area contributed by atoms with Crippen molar-refractivity contribution in [3.8, 4) is 0 Å². The lowest BCUT2D eigenvalue weighted by molar-refractivity contribution is 0.586. The monoisotopic (exact) mass is 167 g/mol. The minimum absolute atomic E-state index is 0.192. The number of hydrogen-bond acceptors (Lipinski definition) is 1. The van der Waals surface area contributed by atoms with E-state index in [1.165, 1.54) is 0 Å². The van der Waals surface area contributed by atoms with E-state index in [-0.39, 0.29) is 5.25 Å². The molecule has 11 heavy (non-hydrogen) atoms. The molecule has 1 aromatic rings. The molecule has 1 atom stereocenters. The zero-order valence-corrected chi connectivity index (χ0v) is 7.52. The Labute approximate surface area is 70.6 Å². The molecular weight excluding hydrogens is 156 g/mol. The number of rotatable bonds is 2. The van der Waals surface area contributed by atoms with Crippen LogP contribution in [0.25, 0.3) is 0 Å². The van der Waals surface area contributed by atoms with Gasteiger partial charge in [0.05, 0.1) is 0 Å². The first-order valence-electron chi connectivity index (χ1n) is 3.58. The normalized spacial score (nSPS) is 13.5. The second-order valence-electron chi connectivity index (χ2n) is 2.58. The van der Waals surface area contributed by atoms with Crippen LogP contribution in [0.4, 0.5) is 0 Å². The molecule has 1 unspecified atom stereocenters. The summed E-state index contributed by atoms with van der Waals surface area (Å²) in [6.07, 6.45) is 0. The van der Waals surface area contributed by atoms with Crippen LogP contribution in [-0.2, 0) is 11.2 Å². The summed E-state index contributed by atoms with van der Waals surface area (Å²) in [6, 6.07) is 10.2. The van der Waals surface area contributed by atoms with Gasteiger partial charge in [0.2, 0.25) is 0 Å². The van der Waals surface area contributed by atoms with Gasteiger partial charge in [-0.3, -0.25) is 0 Å². The van der Waals surface area contributed by atoms with Crippen molar-refractivity contribution in [3.05, 3.63) is 30.3 Å². The predicted octanol–water partition coefficient (Wildman–Crippen LogP) is 2.00. The summed E-state index contributed by atoms with van der Waals surface area (Å²) >= 11 is -0.855. The Bertz CT molecular complexity index is 208. The first-order valence-corrected chi connectivity index (χ1v) is 4.80. The fraction of sp³-hybridized carbons (Fsp3) is 0.333. The van der Waals surface area contributed by atoms with Crippen LogP contribution in [0, 0.1) is 6.07 Å². The minimum atomic E-state index is -0.855. The third kappa shape index (κ3) is 2.24. The largest absolute Gasteiger partial charge is 0.611 e. The smallest absolute Gasteiger partial charge is 0.152 e. The van der Waals surface area contributed by atoms with Crippen molar-refractivity contribution >= 4 is 11.2 Å². The van der Waals surface area contributed by atoms with Crippen molar-refractivity contribution < 1.29 is 4.55 Å². The topological polar surface area (TPSA) is 23.1 Å². The second kappa shape index (κ2) is 3.79. The van der Waals surface area contributed by atoms with E-state index in [4.69, 9.17) is 0 Å². The summed E-state index contributed by atoms with van der Waals surface area (Å²) in [6.45, 7) is 3.90. The molecule has 0 bridgehead atoms. The van der Waals surface area contributed by atoms with Gasteiger partial charge in [-0.1, -0.05) is 0 Å². The summed E-state index contributed by atoms with van der Waals surface area (Å²) in [5.74, 6) is 0. The Hall–Kier alpha value is -0.470. The molecule has 0 N–H and O–H groups in total. The highest BCUT2D eigenvalue weighted by Gasteiger charge is 2.13. The third-order valence-corrected chi connectivity index (χ3v) is 2.94. The lowest BCUT2D eigenvalue weighted by atomic mass is 10.4. The lowest BCUT2D eigenvalue weighted by Gasteiger charge is -2.12. The molecule has 0 aliphatic carbocycles. The highest BCUT2D eigenvalue weighted by molar-refractivity contribution is 7.92. The average Bonchev–Trinajstić information content (AvgIpc) is 2.05.